The maximum absolute atomic E-state index is 8.10. The van der Waals surface area contributed by atoms with Gasteiger partial charge in [-0.15, -0.1) is 12.4 Å². The topological polar surface area (TPSA) is 91.6 Å². The van der Waals surface area contributed by atoms with Crippen LogP contribution in [0.2, 0.25) is 0 Å². The molecule has 0 amide bonds. The first-order chi connectivity index (χ1) is 4.85. The van der Waals surface area contributed by atoms with Crippen molar-refractivity contribution in [2.45, 2.75) is 0 Å². The molecule has 8 heteroatoms. The first kappa shape index (κ1) is 13.6. The molecule has 0 saturated heterocycles. The summed E-state index contributed by atoms with van der Waals surface area (Å²) in [5.41, 5.74) is 0. The molecule has 0 aromatic rings. The minimum Gasteiger partial charge on any atom is -0.369 e. The van der Waals surface area contributed by atoms with Crippen LogP contribution >= 0.6 is 12.4 Å². The summed E-state index contributed by atoms with van der Waals surface area (Å²) >= 11 is 0. The maximum Gasteiger partial charge on any atom is 0.169 e. The third-order valence-corrected chi connectivity index (χ3v) is 0.489. The molecule has 0 rings (SSSR count). The van der Waals surface area contributed by atoms with E-state index < -0.39 is 20.4 Å². The fourth-order valence-corrected chi connectivity index (χ4v) is 0.253. The highest BCUT2D eigenvalue weighted by molar-refractivity contribution is 5.85. The molecule has 11 heavy (non-hydrogen) atoms. The van der Waals surface area contributed by atoms with E-state index in [1.165, 1.54) is 0 Å². The summed E-state index contributed by atoms with van der Waals surface area (Å²) in [6.45, 7) is -2.04. The Morgan fingerprint density at radius 2 is 1.09 bits per heavy atom. The van der Waals surface area contributed by atoms with Crippen LogP contribution in [0, 0.1) is 0 Å². The third-order valence-electron chi connectivity index (χ3n) is 0.489. The highest BCUT2D eigenvalue weighted by Crippen LogP contribution is 1.90. The fourth-order valence-electron chi connectivity index (χ4n) is 0.253. The zero-order chi connectivity index (χ0) is 7.82. The van der Waals surface area contributed by atoms with E-state index in [1.807, 2.05) is 0 Å². The molecule has 0 unspecified atom stereocenters. The Labute approximate surface area is 69.0 Å². The second-order valence-corrected chi connectivity index (χ2v) is 0.998. The van der Waals surface area contributed by atoms with Gasteiger partial charge in [-0.1, -0.05) is 0 Å². The van der Waals surface area contributed by atoms with Crippen molar-refractivity contribution in [3.8, 4) is 0 Å². The molecule has 0 aromatic carbocycles. The van der Waals surface area contributed by atoms with Gasteiger partial charge in [0.1, 0.15) is 0 Å². The Kier molecular flexibility index (Phi) is 12.4. The van der Waals surface area contributed by atoms with Crippen LogP contribution in [0.25, 0.3) is 0 Å². The standard InChI is InChI=1S/C3H9NO6.ClH/c5-1-8-4(9-2-6)10-3-7;/h5-7H,1-3H2;1H. The van der Waals surface area contributed by atoms with Crippen molar-refractivity contribution in [3.05, 3.63) is 0 Å². The molecule has 0 aliphatic rings. The Balaban J connectivity index is 0. The Bertz CT molecular complexity index is 60.6. The van der Waals surface area contributed by atoms with Gasteiger partial charge in [-0.3, -0.25) is 0 Å². The van der Waals surface area contributed by atoms with Crippen molar-refractivity contribution >= 4 is 12.4 Å². The van der Waals surface area contributed by atoms with Crippen molar-refractivity contribution in [1.29, 1.82) is 0 Å². The summed E-state index contributed by atoms with van der Waals surface area (Å²) in [5, 5.41) is 24.6. The summed E-state index contributed by atoms with van der Waals surface area (Å²) in [5.74, 6) is 0. The highest BCUT2D eigenvalue weighted by Gasteiger charge is 2.03. The van der Waals surface area contributed by atoms with Gasteiger partial charge in [0.15, 0.2) is 20.4 Å². The van der Waals surface area contributed by atoms with Gasteiger partial charge in [-0.25, -0.2) is 14.5 Å². The normalized spacial score (nSPS) is 9.82. The Hall–Kier alpha value is 0.01000. The highest BCUT2D eigenvalue weighted by atomic mass is 35.5. The largest absolute Gasteiger partial charge is 0.369 e. The molecule has 0 fully saturated rings. The molecule has 0 aromatic heterocycles. The van der Waals surface area contributed by atoms with Gasteiger partial charge >= 0.3 is 0 Å². The first-order valence-electron chi connectivity index (χ1n) is 2.36. The third kappa shape index (κ3) is 7.91. The second kappa shape index (κ2) is 10.0. The zero-order valence-electron chi connectivity index (χ0n) is 5.54. The number of rotatable bonds is 6. The number of aliphatic hydroxyl groups is 3. The van der Waals surface area contributed by atoms with Crippen LogP contribution in [0.1, 0.15) is 0 Å². The average molecular weight is 192 g/mol. The SMILES string of the molecule is Cl.OCON(OCO)OCO. The summed E-state index contributed by atoms with van der Waals surface area (Å²) < 4.78 is 0. The Morgan fingerprint density at radius 3 is 1.27 bits per heavy atom. The van der Waals surface area contributed by atoms with E-state index >= 15 is 0 Å². The van der Waals surface area contributed by atoms with Gasteiger partial charge in [-0.05, 0) is 0 Å². The number of aliphatic hydroxyl groups excluding tert-OH is 3. The number of nitrogens with zero attached hydrogens (tertiary/aromatic N) is 1. The van der Waals surface area contributed by atoms with Crippen molar-refractivity contribution in [2.75, 3.05) is 20.4 Å². The average Bonchev–Trinajstić information content (AvgIpc) is 1.90. The van der Waals surface area contributed by atoms with E-state index in [1.54, 1.807) is 0 Å². The number of hydrogen-bond donors (Lipinski definition) is 3. The monoisotopic (exact) mass is 191 g/mol. The van der Waals surface area contributed by atoms with Gasteiger partial charge < -0.3 is 15.3 Å². The number of halogens is 1. The summed E-state index contributed by atoms with van der Waals surface area (Å²) in [6, 6.07) is 0. The molecule has 0 spiro atoms. The maximum atomic E-state index is 8.10. The minimum absolute atomic E-state index is 0. The van der Waals surface area contributed by atoms with Crippen LogP contribution in [-0.4, -0.2) is 41.1 Å². The minimum atomic E-state index is -0.681. The smallest absolute Gasteiger partial charge is 0.169 e. The molecule has 3 N–H and O–H groups in total. The quantitative estimate of drug-likeness (QED) is 0.342. The second-order valence-electron chi connectivity index (χ2n) is 0.998. The van der Waals surface area contributed by atoms with Crippen LogP contribution in [0.5, 0.6) is 0 Å². The predicted octanol–water partition coefficient (Wildman–Crippen LogP) is -1.65. The van der Waals surface area contributed by atoms with E-state index in [0.29, 0.717) is 5.39 Å². The van der Waals surface area contributed by atoms with E-state index in [-0.39, 0.29) is 12.4 Å². The van der Waals surface area contributed by atoms with E-state index in [9.17, 15) is 0 Å². The number of hydrogen-bond acceptors (Lipinski definition) is 7. The predicted molar refractivity (Wildman–Crippen MR) is 33.6 cm³/mol. The zero-order valence-corrected chi connectivity index (χ0v) is 6.36. The van der Waals surface area contributed by atoms with Crippen LogP contribution in [-0.2, 0) is 14.5 Å². The van der Waals surface area contributed by atoms with Gasteiger partial charge in [-0.2, -0.15) is 0 Å². The van der Waals surface area contributed by atoms with Gasteiger partial charge in [0, 0.05) is 0 Å². The lowest BCUT2D eigenvalue weighted by atomic mass is 11.5. The van der Waals surface area contributed by atoms with Crippen LogP contribution < -0.4 is 0 Å². The lowest BCUT2D eigenvalue weighted by molar-refractivity contribution is -0.554. The van der Waals surface area contributed by atoms with Crippen LogP contribution in [0.4, 0.5) is 0 Å². The van der Waals surface area contributed by atoms with E-state index in [0.717, 1.165) is 0 Å². The molecular weight excluding hydrogens is 181 g/mol. The fraction of sp³-hybridized carbons (Fsp3) is 1.00. The van der Waals surface area contributed by atoms with E-state index in [2.05, 4.69) is 14.5 Å². The molecule has 0 atom stereocenters. The van der Waals surface area contributed by atoms with Crippen molar-refractivity contribution in [2.24, 2.45) is 0 Å². The molecule has 0 bridgehead atoms. The van der Waals surface area contributed by atoms with Crippen LogP contribution in [0.15, 0.2) is 0 Å². The molecule has 0 radical (unpaired) electrons. The molecule has 0 saturated carbocycles. The van der Waals surface area contributed by atoms with Crippen LogP contribution in [0.3, 0.4) is 0 Å². The molecular formula is C3H10ClNO6. The molecule has 7 nitrogen and oxygen atoms in total. The van der Waals surface area contributed by atoms with Crippen molar-refractivity contribution in [3.63, 3.8) is 0 Å². The molecule has 0 aliphatic carbocycles. The molecule has 70 valence electrons. The van der Waals surface area contributed by atoms with Crippen molar-refractivity contribution < 1.29 is 29.8 Å². The summed E-state index contributed by atoms with van der Waals surface area (Å²) in [6.07, 6.45) is 0. The van der Waals surface area contributed by atoms with Gasteiger partial charge in [0.2, 0.25) is 0 Å². The molecule has 0 heterocycles. The lowest BCUT2D eigenvalue weighted by Crippen LogP contribution is -2.26. The van der Waals surface area contributed by atoms with Gasteiger partial charge in [0.25, 0.3) is 0 Å². The first-order valence-corrected chi connectivity index (χ1v) is 2.36. The summed E-state index contributed by atoms with van der Waals surface area (Å²) in [7, 11) is 0. The Morgan fingerprint density at radius 1 is 0.818 bits per heavy atom. The molecule has 0 aliphatic heterocycles. The van der Waals surface area contributed by atoms with Gasteiger partial charge in [0.05, 0.1) is 5.39 Å². The lowest BCUT2D eigenvalue weighted by Gasteiger charge is -2.14. The van der Waals surface area contributed by atoms with E-state index in [4.69, 9.17) is 15.3 Å². The van der Waals surface area contributed by atoms with Crippen molar-refractivity contribution in [1.82, 2.24) is 5.39 Å². The summed E-state index contributed by atoms with van der Waals surface area (Å²) in [4.78, 5) is 12.4.